The number of hydrogen-bond donors (Lipinski definition) is 2. The van der Waals surface area contributed by atoms with Crippen molar-refractivity contribution in [3.8, 4) is 0 Å². The molecule has 1 aromatic carbocycles. The van der Waals surface area contributed by atoms with Crippen molar-refractivity contribution in [1.82, 2.24) is 5.32 Å². The number of benzene rings is 1. The van der Waals surface area contributed by atoms with Crippen molar-refractivity contribution in [1.29, 1.82) is 0 Å². The monoisotopic (exact) mass is 322 g/mol. The van der Waals surface area contributed by atoms with Crippen LogP contribution in [-0.4, -0.2) is 24.7 Å². The molecule has 0 saturated carbocycles. The summed E-state index contributed by atoms with van der Waals surface area (Å²) in [7, 11) is 0. The molecule has 0 aromatic heterocycles. The fourth-order valence-corrected chi connectivity index (χ4v) is 2.08. The lowest BCUT2D eigenvalue weighted by atomic mass is 10.2. The van der Waals surface area contributed by atoms with E-state index >= 15 is 0 Å². The zero-order valence-electron chi connectivity index (χ0n) is 9.14. The van der Waals surface area contributed by atoms with Crippen LogP contribution in [0.4, 0.5) is 18.9 Å². The molecule has 1 fully saturated rings. The number of carbonyl (C=O) groups excluding carboxylic acids is 1. The van der Waals surface area contributed by atoms with Crippen molar-refractivity contribution in [3.63, 3.8) is 0 Å². The van der Waals surface area contributed by atoms with Gasteiger partial charge in [-0.2, -0.15) is 0 Å². The molecule has 1 heterocycles. The van der Waals surface area contributed by atoms with Gasteiger partial charge in [-0.25, -0.2) is 13.2 Å². The Labute approximate surface area is 110 Å². The van der Waals surface area contributed by atoms with E-state index in [1.54, 1.807) is 0 Å². The molecule has 1 aromatic rings. The van der Waals surface area contributed by atoms with E-state index in [2.05, 4.69) is 26.6 Å². The van der Waals surface area contributed by atoms with Gasteiger partial charge in [0.05, 0.1) is 16.2 Å². The molecule has 1 saturated heterocycles. The van der Waals surface area contributed by atoms with Crippen LogP contribution in [0.25, 0.3) is 0 Å². The van der Waals surface area contributed by atoms with E-state index in [1.165, 1.54) is 0 Å². The molecular weight excluding hydrogens is 313 g/mol. The molecule has 7 heteroatoms. The molecule has 0 bridgehead atoms. The summed E-state index contributed by atoms with van der Waals surface area (Å²) in [5.74, 6) is -2.18. The Morgan fingerprint density at radius 1 is 1.44 bits per heavy atom. The van der Waals surface area contributed by atoms with Gasteiger partial charge < -0.3 is 10.6 Å². The van der Waals surface area contributed by atoms with Gasteiger partial charge in [0.1, 0.15) is 12.0 Å². The zero-order chi connectivity index (χ0) is 13.3. The summed E-state index contributed by atoms with van der Waals surface area (Å²) in [5, 5.41) is 4.98. The van der Waals surface area contributed by atoms with E-state index in [9.17, 15) is 18.0 Å². The fraction of sp³-hybridized carbons (Fsp3) is 0.364. The lowest BCUT2D eigenvalue weighted by molar-refractivity contribution is -0.117. The molecule has 0 spiro atoms. The second-order valence-electron chi connectivity index (χ2n) is 4.01. The standard InChI is InChI=1S/C11H10BrF3N2O/c12-9-6(14)1-2-7(10(9)15)17-11(18)8-3-5(13)4-16-8/h1-2,5,8,16H,3-4H2,(H,17,18)/t5-,8+/m1/s1. The molecule has 2 rings (SSSR count). The maximum absolute atomic E-state index is 13.6. The normalized spacial score (nSPS) is 23.1. The van der Waals surface area contributed by atoms with E-state index in [0.29, 0.717) is 0 Å². The minimum absolute atomic E-state index is 0.0514. The first kappa shape index (κ1) is 13.4. The van der Waals surface area contributed by atoms with Crippen molar-refractivity contribution >= 4 is 27.5 Å². The average Bonchev–Trinajstić information content (AvgIpc) is 2.77. The molecule has 18 heavy (non-hydrogen) atoms. The first-order valence-electron chi connectivity index (χ1n) is 5.31. The minimum Gasteiger partial charge on any atom is -0.322 e. The van der Waals surface area contributed by atoms with Gasteiger partial charge in [-0.1, -0.05) is 0 Å². The van der Waals surface area contributed by atoms with Crippen LogP contribution >= 0.6 is 15.9 Å². The molecule has 1 amide bonds. The Hall–Kier alpha value is -1.08. The van der Waals surface area contributed by atoms with Crippen LogP contribution in [0.5, 0.6) is 0 Å². The number of rotatable bonds is 2. The first-order chi connectivity index (χ1) is 8.49. The second-order valence-corrected chi connectivity index (χ2v) is 4.80. The zero-order valence-corrected chi connectivity index (χ0v) is 10.7. The van der Waals surface area contributed by atoms with Crippen molar-refractivity contribution in [2.45, 2.75) is 18.6 Å². The highest BCUT2D eigenvalue weighted by Gasteiger charge is 2.29. The maximum atomic E-state index is 13.6. The van der Waals surface area contributed by atoms with Gasteiger partial charge in [0.2, 0.25) is 5.91 Å². The van der Waals surface area contributed by atoms with E-state index in [4.69, 9.17) is 0 Å². The molecule has 2 atom stereocenters. The van der Waals surface area contributed by atoms with Gasteiger partial charge in [0.25, 0.3) is 0 Å². The number of nitrogens with one attached hydrogen (secondary N) is 2. The largest absolute Gasteiger partial charge is 0.322 e. The van der Waals surface area contributed by atoms with Crippen LogP contribution in [0.3, 0.4) is 0 Å². The number of anilines is 1. The molecule has 98 valence electrons. The Kier molecular flexibility index (Phi) is 3.91. The third-order valence-electron chi connectivity index (χ3n) is 2.69. The summed E-state index contributed by atoms with van der Waals surface area (Å²) in [6.45, 7) is 0.105. The van der Waals surface area contributed by atoms with Crippen LogP contribution in [0.2, 0.25) is 0 Å². The summed E-state index contributed by atoms with van der Waals surface area (Å²) in [6.07, 6.45) is -1.03. The van der Waals surface area contributed by atoms with Gasteiger partial charge in [-0.05, 0) is 28.1 Å². The molecule has 0 unspecified atom stereocenters. The van der Waals surface area contributed by atoms with Gasteiger partial charge in [0, 0.05) is 13.0 Å². The third-order valence-corrected chi connectivity index (χ3v) is 3.41. The molecule has 0 aliphatic carbocycles. The molecule has 0 radical (unpaired) electrons. The Balaban J connectivity index is 2.10. The molecule has 1 aliphatic heterocycles. The summed E-state index contributed by atoms with van der Waals surface area (Å²) < 4.78 is 39.1. The number of amides is 1. The van der Waals surface area contributed by atoms with E-state index < -0.39 is 29.8 Å². The molecule has 2 N–H and O–H groups in total. The van der Waals surface area contributed by atoms with Crippen LogP contribution in [-0.2, 0) is 4.79 Å². The van der Waals surface area contributed by atoms with Gasteiger partial charge in [-0.3, -0.25) is 4.79 Å². The van der Waals surface area contributed by atoms with E-state index in [0.717, 1.165) is 12.1 Å². The van der Waals surface area contributed by atoms with Crippen molar-refractivity contribution in [2.75, 3.05) is 11.9 Å². The number of hydrogen-bond acceptors (Lipinski definition) is 2. The van der Waals surface area contributed by atoms with Crippen molar-refractivity contribution in [2.24, 2.45) is 0 Å². The predicted molar refractivity (Wildman–Crippen MR) is 64.0 cm³/mol. The highest BCUT2D eigenvalue weighted by molar-refractivity contribution is 9.10. The third kappa shape index (κ3) is 2.67. The van der Waals surface area contributed by atoms with Gasteiger partial charge in [0.15, 0.2) is 5.82 Å². The average molecular weight is 323 g/mol. The minimum atomic E-state index is -1.08. The van der Waals surface area contributed by atoms with E-state index in [1.807, 2.05) is 0 Å². The van der Waals surface area contributed by atoms with Crippen molar-refractivity contribution in [3.05, 3.63) is 28.2 Å². The molecule has 1 aliphatic rings. The topological polar surface area (TPSA) is 41.1 Å². The second kappa shape index (κ2) is 5.27. The SMILES string of the molecule is O=C(Nc1ccc(F)c(Br)c1F)[C@@H]1C[C@@H](F)CN1. The van der Waals surface area contributed by atoms with Gasteiger partial charge in [-0.15, -0.1) is 0 Å². The smallest absolute Gasteiger partial charge is 0.241 e. The Morgan fingerprint density at radius 3 is 2.78 bits per heavy atom. The Morgan fingerprint density at radius 2 is 2.17 bits per heavy atom. The summed E-state index contributed by atoms with van der Waals surface area (Å²) in [5.41, 5.74) is -0.141. The molecular formula is C11H10BrF3N2O. The van der Waals surface area contributed by atoms with Crippen LogP contribution in [0, 0.1) is 11.6 Å². The predicted octanol–water partition coefficient (Wildman–Crippen LogP) is 2.37. The lowest BCUT2D eigenvalue weighted by Gasteiger charge is -2.12. The first-order valence-corrected chi connectivity index (χ1v) is 6.10. The highest BCUT2D eigenvalue weighted by atomic mass is 79.9. The van der Waals surface area contributed by atoms with Crippen LogP contribution < -0.4 is 10.6 Å². The van der Waals surface area contributed by atoms with Gasteiger partial charge >= 0.3 is 0 Å². The van der Waals surface area contributed by atoms with Crippen LogP contribution in [0.1, 0.15) is 6.42 Å². The molecule has 3 nitrogen and oxygen atoms in total. The summed E-state index contributed by atoms with van der Waals surface area (Å²) in [4.78, 5) is 11.7. The van der Waals surface area contributed by atoms with E-state index in [-0.39, 0.29) is 23.1 Å². The maximum Gasteiger partial charge on any atom is 0.241 e. The quantitative estimate of drug-likeness (QED) is 0.821. The fourth-order valence-electron chi connectivity index (χ4n) is 1.73. The Bertz CT molecular complexity index is 484. The lowest BCUT2D eigenvalue weighted by Crippen LogP contribution is -2.35. The number of carbonyl (C=O) groups is 1. The van der Waals surface area contributed by atoms with Crippen LogP contribution in [0.15, 0.2) is 16.6 Å². The summed E-state index contributed by atoms with van der Waals surface area (Å²) in [6, 6.07) is 1.46. The van der Waals surface area contributed by atoms with Crippen molar-refractivity contribution < 1.29 is 18.0 Å². The number of alkyl halides is 1. The number of halogens is 4. The highest BCUT2D eigenvalue weighted by Crippen LogP contribution is 2.26. The summed E-state index contributed by atoms with van der Waals surface area (Å²) >= 11 is 2.74.